The maximum atomic E-state index is 9.60. The number of hydrogen-bond donors (Lipinski definition) is 2. The zero-order valence-corrected chi connectivity index (χ0v) is 10.8. The van der Waals surface area contributed by atoms with Crippen LogP contribution in [0.2, 0.25) is 0 Å². The molecule has 0 aliphatic carbocycles. The molecule has 2 N–H and O–H groups in total. The molecule has 1 unspecified atom stereocenters. The van der Waals surface area contributed by atoms with E-state index in [0.717, 1.165) is 11.3 Å². The zero-order chi connectivity index (χ0) is 13.4. The Balaban J connectivity index is 2.55. The molecule has 1 aromatic rings. The van der Waals surface area contributed by atoms with Gasteiger partial charge in [-0.05, 0) is 31.5 Å². The van der Waals surface area contributed by atoms with E-state index in [0.29, 0.717) is 6.61 Å². The van der Waals surface area contributed by atoms with Gasteiger partial charge in [0.2, 0.25) is 0 Å². The predicted octanol–water partition coefficient (Wildman–Crippen LogP) is 1.82. The quantitative estimate of drug-likeness (QED) is 0.574. The van der Waals surface area contributed by atoms with Gasteiger partial charge < -0.3 is 19.7 Å². The molecule has 18 heavy (non-hydrogen) atoms. The molecule has 4 heteroatoms. The summed E-state index contributed by atoms with van der Waals surface area (Å²) in [6, 6.07) is 7.38. The molecule has 0 bridgehead atoms. The fourth-order valence-corrected chi connectivity index (χ4v) is 1.20. The summed E-state index contributed by atoms with van der Waals surface area (Å²) in [5, 5.41) is 18.5. The first-order valence-electron chi connectivity index (χ1n) is 5.90. The fraction of sp³-hybridized carbons (Fsp3) is 0.429. The van der Waals surface area contributed by atoms with Gasteiger partial charge in [-0.15, -0.1) is 0 Å². The van der Waals surface area contributed by atoms with Crippen molar-refractivity contribution in [3.05, 3.63) is 35.9 Å². The minimum Gasteiger partial charge on any atom is -0.468 e. The molecule has 0 saturated carbocycles. The average Bonchev–Trinajstić information content (AvgIpc) is 2.38. The first-order valence-corrected chi connectivity index (χ1v) is 5.90. The summed E-state index contributed by atoms with van der Waals surface area (Å²) in [6.45, 7) is 4.01. The van der Waals surface area contributed by atoms with Crippen molar-refractivity contribution in [3.8, 4) is 5.75 Å². The molecule has 4 nitrogen and oxygen atoms in total. The molecule has 1 rings (SSSR count). The molecule has 1 aromatic carbocycles. The highest BCUT2D eigenvalue weighted by molar-refractivity contribution is 5.51. The van der Waals surface area contributed by atoms with Gasteiger partial charge in [-0.25, -0.2) is 0 Å². The van der Waals surface area contributed by atoms with E-state index in [9.17, 15) is 5.11 Å². The van der Waals surface area contributed by atoms with Crippen molar-refractivity contribution in [2.75, 3.05) is 20.0 Å². The third-order valence-corrected chi connectivity index (χ3v) is 2.35. The van der Waals surface area contributed by atoms with Crippen molar-refractivity contribution in [1.29, 1.82) is 0 Å². The molecule has 0 aromatic heterocycles. The first-order chi connectivity index (χ1) is 8.57. The highest BCUT2D eigenvalue weighted by Crippen LogP contribution is 2.14. The van der Waals surface area contributed by atoms with Gasteiger partial charge in [-0.1, -0.05) is 24.3 Å². The summed E-state index contributed by atoms with van der Waals surface area (Å²) in [6.07, 6.45) is 3.31. The lowest BCUT2D eigenvalue weighted by Crippen LogP contribution is -2.25. The Kier molecular flexibility index (Phi) is 5.85. The Hall–Kier alpha value is -1.36. The van der Waals surface area contributed by atoms with Gasteiger partial charge in [0.1, 0.15) is 11.4 Å². The van der Waals surface area contributed by atoms with Crippen molar-refractivity contribution >= 4 is 6.08 Å². The van der Waals surface area contributed by atoms with Crippen LogP contribution in [0.25, 0.3) is 6.08 Å². The van der Waals surface area contributed by atoms with Crippen LogP contribution in [0.3, 0.4) is 0 Å². The molecular weight excluding hydrogens is 232 g/mol. The zero-order valence-electron chi connectivity index (χ0n) is 10.8. The minimum atomic E-state index is -1.19. The van der Waals surface area contributed by atoms with Gasteiger partial charge in [0.15, 0.2) is 6.79 Å². The lowest BCUT2D eigenvalue weighted by atomic mass is 10.1. The molecule has 0 fully saturated rings. The first kappa shape index (κ1) is 14.7. The van der Waals surface area contributed by atoms with Crippen molar-refractivity contribution in [1.82, 2.24) is 0 Å². The molecule has 100 valence electrons. The second-order valence-electron chi connectivity index (χ2n) is 4.17. The van der Waals surface area contributed by atoms with E-state index in [1.165, 1.54) is 0 Å². The Bertz CT molecular complexity index is 368. The Morgan fingerprint density at radius 3 is 2.50 bits per heavy atom. The Morgan fingerprint density at radius 2 is 1.94 bits per heavy atom. The highest BCUT2D eigenvalue weighted by atomic mass is 16.7. The van der Waals surface area contributed by atoms with Gasteiger partial charge in [0.25, 0.3) is 0 Å². The standard InChI is InChI=1S/C14H20O4/c1-3-17-11-18-13-6-4-12(5-7-13)8-9-14(2,16)10-15/h4-9,15-16H,3,10-11H2,1-2H3/b9-8+. The van der Waals surface area contributed by atoms with Crippen LogP contribution >= 0.6 is 0 Å². The number of aliphatic hydroxyl groups excluding tert-OH is 1. The van der Waals surface area contributed by atoms with Gasteiger partial charge in [-0.3, -0.25) is 0 Å². The van der Waals surface area contributed by atoms with Gasteiger partial charge >= 0.3 is 0 Å². The van der Waals surface area contributed by atoms with E-state index < -0.39 is 5.60 Å². The second kappa shape index (κ2) is 7.16. The van der Waals surface area contributed by atoms with Crippen LogP contribution in [0, 0.1) is 0 Å². The monoisotopic (exact) mass is 252 g/mol. The summed E-state index contributed by atoms with van der Waals surface area (Å²) in [5.74, 6) is 0.731. The van der Waals surface area contributed by atoms with Crippen molar-refractivity contribution in [2.24, 2.45) is 0 Å². The Morgan fingerprint density at radius 1 is 1.28 bits per heavy atom. The minimum absolute atomic E-state index is 0.241. The predicted molar refractivity (Wildman–Crippen MR) is 70.3 cm³/mol. The molecular formula is C14H20O4. The van der Waals surface area contributed by atoms with E-state index in [2.05, 4.69) is 0 Å². The number of aliphatic hydroxyl groups is 2. The van der Waals surface area contributed by atoms with Crippen LogP contribution in [0.15, 0.2) is 30.3 Å². The van der Waals surface area contributed by atoms with Crippen molar-refractivity contribution in [2.45, 2.75) is 19.4 Å². The molecule has 0 saturated heterocycles. The summed E-state index contributed by atoms with van der Waals surface area (Å²) >= 11 is 0. The van der Waals surface area contributed by atoms with Crippen LogP contribution in [0.5, 0.6) is 5.75 Å². The summed E-state index contributed by atoms with van der Waals surface area (Å²) in [5.41, 5.74) is -0.267. The number of rotatable bonds is 7. The molecule has 1 atom stereocenters. The summed E-state index contributed by atoms with van der Waals surface area (Å²) in [7, 11) is 0. The largest absolute Gasteiger partial charge is 0.468 e. The highest BCUT2D eigenvalue weighted by Gasteiger charge is 2.13. The van der Waals surface area contributed by atoms with Crippen molar-refractivity contribution < 1.29 is 19.7 Å². The normalized spacial score (nSPS) is 14.7. The van der Waals surface area contributed by atoms with Crippen LogP contribution < -0.4 is 4.74 Å². The molecule has 0 spiro atoms. The van der Waals surface area contributed by atoms with Crippen LogP contribution in [-0.4, -0.2) is 35.8 Å². The fourth-order valence-electron chi connectivity index (χ4n) is 1.20. The lowest BCUT2D eigenvalue weighted by molar-refractivity contribution is 0.0224. The molecule has 0 amide bonds. The van der Waals surface area contributed by atoms with Gasteiger partial charge in [-0.2, -0.15) is 0 Å². The Labute approximate surface area is 107 Å². The van der Waals surface area contributed by atoms with E-state index in [-0.39, 0.29) is 13.4 Å². The lowest BCUT2D eigenvalue weighted by Gasteiger charge is -2.14. The molecule has 0 aliphatic heterocycles. The smallest absolute Gasteiger partial charge is 0.189 e. The second-order valence-corrected chi connectivity index (χ2v) is 4.17. The maximum absolute atomic E-state index is 9.60. The number of hydrogen-bond acceptors (Lipinski definition) is 4. The average molecular weight is 252 g/mol. The summed E-state index contributed by atoms with van der Waals surface area (Å²) in [4.78, 5) is 0. The molecule has 0 heterocycles. The number of ether oxygens (including phenoxy) is 2. The van der Waals surface area contributed by atoms with Crippen LogP contribution in [0.1, 0.15) is 19.4 Å². The molecule has 0 radical (unpaired) electrons. The van der Waals surface area contributed by atoms with Gasteiger partial charge in [0.05, 0.1) is 6.61 Å². The maximum Gasteiger partial charge on any atom is 0.189 e. The van der Waals surface area contributed by atoms with E-state index in [1.807, 2.05) is 31.2 Å². The van der Waals surface area contributed by atoms with E-state index >= 15 is 0 Å². The van der Waals surface area contributed by atoms with Crippen molar-refractivity contribution in [3.63, 3.8) is 0 Å². The van der Waals surface area contributed by atoms with Crippen LogP contribution in [0.4, 0.5) is 0 Å². The van der Waals surface area contributed by atoms with E-state index in [4.69, 9.17) is 14.6 Å². The summed E-state index contributed by atoms with van der Waals surface area (Å²) < 4.78 is 10.4. The van der Waals surface area contributed by atoms with E-state index in [1.54, 1.807) is 19.1 Å². The molecule has 0 aliphatic rings. The number of benzene rings is 1. The topological polar surface area (TPSA) is 58.9 Å². The third kappa shape index (κ3) is 5.31. The SMILES string of the molecule is CCOCOc1ccc(/C=C/C(C)(O)CO)cc1. The van der Waals surface area contributed by atoms with Crippen LogP contribution in [-0.2, 0) is 4.74 Å². The third-order valence-electron chi connectivity index (χ3n) is 2.35. The van der Waals surface area contributed by atoms with Gasteiger partial charge in [0, 0.05) is 6.61 Å².